The average Bonchev–Trinajstić information content (AvgIpc) is 1.87. The highest BCUT2D eigenvalue weighted by Crippen LogP contribution is 1.71. The van der Waals surface area contributed by atoms with Gasteiger partial charge in [-0.05, 0) is 7.05 Å². The van der Waals surface area contributed by atoms with E-state index in [2.05, 4.69) is 16.2 Å². The number of aliphatic hydroxyl groups is 1. The van der Waals surface area contributed by atoms with E-state index in [-0.39, 0.29) is 5.84 Å². The Morgan fingerprint density at radius 3 is 2.44 bits per heavy atom. The van der Waals surface area contributed by atoms with E-state index in [4.69, 9.17) is 10.5 Å². The van der Waals surface area contributed by atoms with Crippen molar-refractivity contribution in [1.82, 2.24) is 16.2 Å². The molecule has 5 N–H and O–H groups in total. The third-order valence-electron chi connectivity index (χ3n) is 0.807. The van der Waals surface area contributed by atoms with E-state index in [0.717, 1.165) is 0 Å². The molecule has 0 spiro atoms. The number of hydrazine groups is 1. The van der Waals surface area contributed by atoms with Crippen molar-refractivity contribution in [2.45, 2.75) is 6.23 Å². The van der Waals surface area contributed by atoms with Crippen LogP contribution in [0.4, 0.5) is 0 Å². The van der Waals surface area contributed by atoms with Crippen LogP contribution in [0, 0.1) is 5.41 Å². The summed E-state index contributed by atoms with van der Waals surface area (Å²) in [6.45, 7) is 0. The Labute approximate surface area is 53.9 Å². The minimum atomic E-state index is -0.919. The molecule has 5 heteroatoms. The Morgan fingerprint density at radius 1 is 1.56 bits per heavy atom. The summed E-state index contributed by atoms with van der Waals surface area (Å²) in [6.07, 6.45) is -0.919. The normalized spacial score (nSPS) is 12.8. The van der Waals surface area contributed by atoms with E-state index < -0.39 is 6.23 Å². The molecule has 0 heterocycles. The highest BCUT2D eigenvalue weighted by molar-refractivity contribution is 5.82. The fraction of sp³-hybridized carbons (Fsp3) is 0.750. The van der Waals surface area contributed by atoms with E-state index in [1.54, 1.807) is 14.1 Å². The zero-order valence-corrected chi connectivity index (χ0v) is 5.52. The summed E-state index contributed by atoms with van der Waals surface area (Å²) in [5.74, 6) is 0.000000000000000444. The third kappa shape index (κ3) is 3.02. The molecule has 0 saturated heterocycles. The average molecular weight is 132 g/mol. The second-order valence-corrected chi connectivity index (χ2v) is 1.48. The minimum Gasteiger partial charge on any atom is -0.371 e. The quantitative estimate of drug-likeness (QED) is 0.136. The highest BCUT2D eigenvalue weighted by Gasteiger charge is 2.04. The maximum Gasteiger partial charge on any atom is 0.164 e. The van der Waals surface area contributed by atoms with Gasteiger partial charge in [0.2, 0.25) is 0 Å². The number of rotatable bonds is 3. The fourth-order valence-corrected chi connectivity index (χ4v) is 0.347. The SMILES string of the molecule is CNNC(=N)[C@@H](O)NC. The maximum atomic E-state index is 8.82. The van der Waals surface area contributed by atoms with Crippen LogP contribution in [-0.2, 0) is 0 Å². The molecule has 0 fully saturated rings. The van der Waals surface area contributed by atoms with Gasteiger partial charge in [0.25, 0.3) is 0 Å². The number of nitrogens with one attached hydrogen (secondary N) is 4. The molecular weight excluding hydrogens is 120 g/mol. The Bertz CT molecular complexity index is 94.6. The molecule has 0 aromatic heterocycles. The van der Waals surface area contributed by atoms with E-state index in [1.165, 1.54) is 0 Å². The van der Waals surface area contributed by atoms with Crippen LogP contribution in [0.1, 0.15) is 0 Å². The standard InChI is InChI=1S/C4H12N4O/c1-6-4(9)3(5)8-7-2/h4,6-7,9H,1-2H3,(H2,5,8)/t4-/m1/s1. The van der Waals surface area contributed by atoms with Gasteiger partial charge >= 0.3 is 0 Å². The predicted molar refractivity (Wildman–Crippen MR) is 35.0 cm³/mol. The lowest BCUT2D eigenvalue weighted by Crippen LogP contribution is -2.46. The van der Waals surface area contributed by atoms with Crippen LogP contribution >= 0.6 is 0 Å². The second-order valence-electron chi connectivity index (χ2n) is 1.48. The maximum absolute atomic E-state index is 8.82. The lowest BCUT2D eigenvalue weighted by Gasteiger charge is -2.10. The lowest BCUT2D eigenvalue weighted by molar-refractivity contribution is 0.207. The summed E-state index contributed by atoms with van der Waals surface area (Å²) in [7, 11) is 3.19. The molecule has 0 saturated carbocycles. The first-order valence-electron chi connectivity index (χ1n) is 2.59. The molecule has 0 bridgehead atoms. The lowest BCUT2D eigenvalue weighted by atomic mass is 10.5. The molecule has 54 valence electrons. The van der Waals surface area contributed by atoms with Gasteiger partial charge in [0.05, 0.1) is 0 Å². The van der Waals surface area contributed by atoms with Crippen molar-refractivity contribution >= 4 is 5.84 Å². The van der Waals surface area contributed by atoms with Crippen molar-refractivity contribution in [3.8, 4) is 0 Å². The van der Waals surface area contributed by atoms with E-state index >= 15 is 0 Å². The fourth-order valence-electron chi connectivity index (χ4n) is 0.347. The van der Waals surface area contributed by atoms with Gasteiger partial charge in [-0.2, -0.15) is 0 Å². The molecule has 0 aliphatic carbocycles. The summed E-state index contributed by atoms with van der Waals surface area (Å²) in [5.41, 5.74) is 4.93. The molecule has 0 radical (unpaired) electrons. The summed E-state index contributed by atoms with van der Waals surface area (Å²) < 4.78 is 0. The van der Waals surface area contributed by atoms with Crippen LogP contribution in [0.3, 0.4) is 0 Å². The van der Waals surface area contributed by atoms with Crippen LogP contribution in [0.15, 0.2) is 0 Å². The van der Waals surface area contributed by atoms with Crippen molar-refractivity contribution in [3.05, 3.63) is 0 Å². The minimum absolute atomic E-state index is 0.000000000000000444. The number of amidine groups is 1. The highest BCUT2D eigenvalue weighted by atomic mass is 16.3. The van der Waals surface area contributed by atoms with Crippen molar-refractivity contribution < 1.29 is 5.11 Å². The van der Waals surface area contributed by atoms with E-state index in [0.29, 0.717) is 0 Å². The molecule has 5 nitrogen and oxygen atoms in total. The zero-order chi connectivity index (χ0) is 7.28. The largest absolute Gasteiger partial charge is 0.371 e. The number of likely N-dealkylation sites (N-methyl/N-ethyl adjacent to an activating group) is 1. The molecule has 1 atom stereocenters. The van der Waals surface area contributed by atoms with Crippen LogP contribution < -0.4 is 16.2 Å². The Hall–Kier alpha value is -0.650. The molecule has 9 heavy (non-hydrogen) atoms. The van der Waals surface area contributed by atoms with Crippen molar-refractivity contribution in [2.24, 2.45) is 0 Å². The van der Waals surface area contributed by atoms with Gasteiger partial charge < -0.3 is 10.5 Å². The first-order valence-corrected chi connectivity index (χ1v) is 2.59. The monoisotopic (exact) mass is 132 g/mol. The van der Waals surface area contributed by atoms with E-state index in [1.807, 2.05) is 0 Å². The summed E-state index contributed by atoms with van der Waals surface area (Å²) >= 11 is 0. The molecular formula is C4H12N4O. The molecule has 0 aromatic carbocycles. The van der Waals surface area contributed by atoms with Crippen LogP contribution in [0.2, 0.25) is 0 Å². The molecule has 0 aromatic rings. The number of aliphatic hydroxyl groups excluding tert-OH is 1. The van der Waals surface area contributed by atoms with Crippen LogP contribution in [0.5, 0.6) is 0 Å². The van der Waals surface area contributed by atoms with Crippen molar-refractivity contribution in [3.63, 3.8) is 0 Å². The number of hydrogen-bond donors (Lipinski definition) is 5. The third-order valence-corrected chi connectivity index (χ3v) is 0.807. The topological polar surface area (TPSA) is 80.2 Å². The Kier molecular flexibility index (Phi) is 3.94. The predicted octanol–water partition coefficient (Wildman–Crippen LogP) is -1.77. The van der Waals surface area contributed by atoms with Crippen LogP contribution in [-0.4, -0.2) is 31.3 Å². The Morgan fingerprint density at radius 2 is 2.11 bits per heavy atom. The van der Waals surface area contributed by atoms with Crippen molar-refractivity contribution in [1.29, 1.82) is 5.41 Å². The van der Waals surface area contributed by atoms with E-state index in [9.17, 15) is 0 Å². The van der Waals surface area contributed by atoms with Gasteiger partial charge in [-0.3, -0.25) is 10.7 Å². The van der Waals surface area contributed by atoms with Gasteiger partial charge in [0, 0.05) is 7.05 Å². The smallest absolute Gasteiger partial charge is 0.164 e. The molecule has 0 unspecified atom stereocenters. The van der Waals surface area contributed by atoms with Gasteiger partial charge in [0.15, 0.2) is 12.1 Å². The zero-order valence-electron chi connectivity index (χ0n) is 5.52. The van der Waals surface area contributed by atoms with Gasteiger partial charge in [0.1, 0.15) is 0 Å². The summed E-state index contributed by atoms with van der Waals surface area (Å²) in [5, 5.41) is 18.3. The second kappa shape index (κ2) is 4.25. The van der Waals surface area contributed by atoms with Crippen molar-refractivity contribution in [2.75, 3.05) is 14.1 Å². The van der Waals surface area contributed by atoms with Gasteiger partial charge in [-0.1, -0.05) is 0 Å². The Balaban J connectivity index is 3.46. The number of hydrogen-bond acceptors (Lipinski definition) is 4. The molecule has 0 rings (SSSR count). The van der Waals surface area contributed by atoms with Gasteiger partial charge in [-0.15, -0.1) is 0 Å². The summed E-state index contributed by atoms with van der Waals surface area (Å²) in [4.78, 5) is 0. The molecule has 0 aliphatic heterocycles. The first kappa shape index (κ1) is 8.35. The summed E-state index contributed by atoms with van der Waals surface area (Å²) in [6, 6.07) is 0. The first-order chi connectivity index (χ1) is 4.22. The van der Waals surface area contributed by atoms with Gasteiger partial charge in [-0.25, -0.2) is 5.43 Å². The van der Waals surface area contributed by atoms with Crippen LogP contribution in [0.25, 0.3) is 0 Å². The molecule has 0 aliphatic rings. The molecule has 0 amide bonds.